The number of nitrogens with zero attached hydrogens (tertiary/aromatic N) is 4. The number of nitrogen functional groups attached to an aromatic ring is 1. The van der Waals surface area contributed by atoms with Gasteiger partial charge in [0.05, 0.1) is 5.39 Å². The zero-order valence-electron chi connectivity index (χ0n) is 16.1. The summed E-state index contributed by atoms with van der Waals surface area (Å²) < 4.78 is 2.12. The molecule has 3 N–H and O–H groups in total. The standard InChI is InChI=1S/C21H24N6O/c1-12(2)27-10-16(18-19(22)23-11-24-20(18)27)14-4-3-13-7-8-26(17(13)9-14)21(28)25-15-5-6-15/h3-4,9-12,15H,5-8H2,1-2H3,(H,25,28)(H2,22,23,24). The second kappa shape index (κ2) is 6.22. The quantitative estimate of drug-likeness (QED) is 0.732. The van der Waals surface area contributed by atoms with Crippen LogP contribution >= 0.6 is 0 Å². The molecule has 3 aromatic rings. The molecule has 0 radical (unpaired) electrons. The van der Waals surface area contributed by atoms with Crippen LogP contribution in [-0.4, -0.2) is 33.2 Å². The number of urea groups is 1. The molecule has 0 atom stereocenters. The number of rotatable bonds is 3. The van der Waals surface area contributed by atoms with E-state index in [9.17, 15) is 4.79 Å². The molecule has 7 heteroatoms. The third kappa shape index (κ3) is 2.69. The second-order valence-corrected chi connectivity index (χ2v) is 7.97. The van der Waals surface area contributed by atoms with Crippen LogP contribution in [0.15, 0.2) is 30.7 Å². The number of anilines is 2. The predicted molar refractivity (Wildman–Crippen MR) is 110 cm³/mol. The van der Waals surface area contributed by atoms with Crippen LogP contribution in [-0.2, 0) is 6.42 Å². The maximum atomic E-state index is 12.6. The largest absolute Gasteiger partial charge is 0.383 e. The number of carbonyl (C=O) groups excluding carboxylic acids is 1. The van der Waals surface area contributed by atoms with Gasteiger partial charge in [0, 0.05) is 36.1 Å². The number of amides is 2. The van der Waals surface area contributed by atoms with Crippen molar-refractivity contribution in [2.45, 2.75) is 45.2 Å². The number of hydrogen-bond acceptors (Lipinski definition) is 4. The SMILES string of the molecule is CC(C)n1cc(-c2ccc3c(c2)N(C(=O)NC2CC2)CC3)c2c(N)ncnc21. The molecule has 0 saturated heterocycles. The lowest BCUT2D eigenvalue weighted by molar-refractivity contribution is 0.246. The number of nitrogens with one attached hydrogen (secondary N) is 1. The van der Waals surface area contributed by atoms with Crippen molar-refractivity contribution in [3.8, 4) is 11.1 Å². The van der Waals surface area contributed by atoms with Gasteiger partial charge in [0.15, 0.2) is 0 Å². The fourth-order valence-corrected chi connectivity index (χ4v) is 3.96. The summed E-state index contributed by atoms with van der Waals surface area (Å²) in [6.45, 7) is 4.96. The van der Waals surface area contributed by atoms with E-state index in [1.165, 1.54) is 11.9 Å². The van der Waals surface area contributed by atoms with Crippen LogP contribution in [0.1, 0.15) is 38.3 Å². The monoisotopic (exact) mass is 376 g/mol. The molecule has 1 aliphatic heterocycles. The zero-order chi connectivity index (χ0) is 19.4. The third-order valence-corrected chi connectivity index (χ3v) is 5.64. The van der Waals surface area contributed by atoms with Gasteiger partial charge in [-0.1, -0.05) is 12.1 Å². The Kier molecular flexibility index (Phi) is 3.79. The van der Waals surface area contributed by atoms with Crippen molar-refractivity contribution in [3.05, 3.63) is 36.3 Å². The maximum absolute atomic E-state index is 12.6. The molecule has 0 bridgehead atoms. The fourth-order valence-electron chi connectivity index (χ4n) is 3.96. The molecule has 1 aliphatic carbocycles. The van der Waals surface area contributed by atoms with Gasteiger partial charge in [-0.2, -0.15) is 0 Å². The Labute approximate surface area is 163 Å². The van der Waals surface area contributed by atoms with Crippen molar-refractivity contribution in [2.24, 2.45) is 0 Å². The average molecular weight is 376 g/mol. The topological polar surface area (TPSA) is 89.1 Å². The Morgan fingerprint density at radius 2 is 2.11 bits per heavy atom. The van der Waals surface area contributed by atoms with E-state index in [1.807, 2.05) is 4.90 Å². The normalized spacial score (nSPS) is 16.0. The third-order valence-electron chi connectivity index (χ3n) is 5.64. The van der Waals surface area contributed by atoms with Crippen molar-refractivity contribution < 1.29 is 4.79 Å². The Bertz CT molecular complexity index is 1080. The molecule has 2 amide bonds. The van der Waals surface area contributed by atoms with Gasteiger partial charge in [0.1, 0.15) is 17.8 Å². The smallest absolute Gasteiger partial charge is 0.322 e. The minimum absolute atomic E-state index is 0.00542. The van der Waals surface area contributed by atoms with E-state index in [4.69, 9.17) is 5.73 Å². The number of hydrogen-bond donors (Lipinski definition) is 2. The highest BCUT2D eigenvalue weighted by molar-refractivity contribution is 6.02. The van der Waals surface area contributed by atoms with Crippen molar-refractivity contribution in [2.75, 3.05) is 17.2 Å². The summed E-state index contributed by atoms with van der Waals surface area (Å²) in [5.74, 6) is 0.475. The van der Waals surface area contributed by atoms with E-state index in [-0.39, 0.29) is 12.1 Å². The van der Waals surface area contributed by atoms with Crippen molar-refractivity contribution in [3.63, 3.8) is 0 Å². The van der Waals surface area contributed by atoms with Gasteiger partial charge in [-0.05, 0) is 50.3 Å². The molecule has 2 aliphatic rings. The van der Waals surface area contributed by atoms with E-state index in [0.29, 0.717) is 11.9 Å². The first-order chi connectivity index (χ1) is 13.5. The molecule has 1 saturated carbocycles. The minimum atomic E-state index is 0.00542. The highest BCUT2D eigenvalue weighted by Gasteiger charge is 2.30. The van der Waals surface area contributed by atoms with E-state index >= 15 is 0 Å². The molecular weight excluding hydrogens is 352 g/mol. The molecule has 144 valence electrons. The van der Waals surface area contributed by atoms with E-state index in [0.717, 1.165) is 53.7 Å². The van der Waals surface area contributed by atoms with Crippen molar-refractivity contribution in [1.82, 2.24) is 19.9 Å². The zero-order valence-corrected chi connectivity index (χ0v) is 16.1. The number of nitrogens with two attached hydrogens (primary N) is 1. The van der Waals surface area contributed by atoms with E-state index < -0.39 is 0 Å². The first-order valence-electron chi connectivity index (χ1n) is 9.85. The van der Waals surface area contributed by atoms with Crippen LogP contribution in [0.3, 0.4) is 0 Å². The number of benzene rings is 1. The van der Waals surface area contributed by atoms with Crippen molar-refractivity contribution in [1.29, 1.82) is 0 Å². The van der Waals surface area contributed by atoms with Gasteiger partial charge in [-0.3, -0.25) is 4.90 Å². The van der Waals surface area contributed by atoms with Crippen LogP contribution in [0, 0.1) is 0 Å². The maximum Gasteiger partial charge on any atom is 0.322 e. The number of aromatic nitrogens is 3. The van der Waals surface area contributed by atoms with Crippen LogP contribution in [0.5, 0.6) is 0 Å². The Morgan fingerprint density at radius 1 is 1.29 bits per heavy atom. The van der Waals surface area contributed by atoms with Gasteiger partial charge in [-0.15, -0.1) is 0 Å². The molecule has 5 rings (SSSR count). The van der Waals surface area contributed by atoms with Crippen molar-refractivity contribution >= 4 is 28.6 Å². The molecule has 0 spiro atoms. The molecule has 0 unspecified atom stereocenters. The van der Waals surface area contributed by atoms with Crippen LogP contribution in [0.4, 0.5) is 16.3 Å². The lowest BCUT2D eigenvalue weighted by Gasteiger charge is -2.18. The molecule has 1 aromatic carbocycles. The molecule has 28 heavy (non-hydrogen) atoms. The average Bonchev–Trinajstić information content (AvgIpc) is 3.24. The van der Waals surface area contributed by atoms with E-state index in [1.54, 1.807) is 0 Å². The van der Waals surface area contributed by atoms with Crippen LogP contribution < -0.4 is 16.0 Å². The second-order valence-electron chi connectivity index (χ2n) is 7.97. The molecular formula is C21H24N6O. The van der Waals surface area contributed by atoms with Gasteiger partial charge < -0.3 is 15.6 Å². The Hall–Kier alpha value is -3.09. The highest BCUT2D eigenvalue weighted by atomic mass is 16.2. The number of fused-ring (bicyclic) bond motifs is 2. The molecule has 1 fully saturated rings. The van der Waals surface area contributed by atoms with Gasteiger partial charge >= 0.3 is 6.03 Å². The predicted octanol–water partition coefficient (Wildman–Crippen LogP) is 3.50. The summed E-state index contributed by atoms with van der Waals surface area (Å²) in [7, 11) is 0. The fraction of sp³-hybridized carbons (Fsp3) is 0.381. The summed E-state index contributed by atoms with van der Waals surface area (Å²) >= 11 is 0. The van der Waals surface area contributed by atoms with Gasteiger partial charge in [0.25, 0.3) is 0 Å². The Balaban J connectivity index is 1.61. The lowest BCUT2D eigenvalue weighted by Crippen LogP contribution is -2.40. The Morgan fingerprint density at radius 3 is 2.86 bits per heavy atom. The molecule has 7 nitrogen and oxygen atoms in total. The summed E-state index contributed by atoms with van der Waals surface area (Å²) in [6.07, 6.45) is 6.65. The highest BCUT2D eigenvalue weighted by Crippen LogP contribution is 2.38. The van der Waals surface area contributed by atoms with Crippen LogP contribution in [0.25, 0.3) is 22.2 Å². The minimum Gasteiger partial charge on any atom is -0.383 e. The molecule has 3 heterocycles. The summed E-state index contributed by atoms with van der Waals surface area (Å²) in [5.41, 5.74) is 11.3. The lowest BCUT2D eigenvalue weighted by atomic mass is 10.0. The molecule has 2 aromatic heterocycles. The summed E-state index contributed by atoms with van der Waals surface area (Å²) in [6, 6.07) is 6.92. The van der Waals surface area contributed by atoms with E-state index in [2.05, 4.69) is 58.1 Å². The van der Waals surface area contributed by atoms with Gasteiger partial charge in [0.2, 0.25) is 0 Å². The first-order valence-corrected chi connectivity index (χ1v) is 9.85. The number of carbonyl (C=O) groups is 1. The van der Waals surface area contributed by atoms with Crippen LogP contribution in [0.2, 0.25) is 0 Å². The summed E-state index contributed by atoms with van der Waals surface area (Å²) in [5, 5.41) is 3.96. The first kappa shape index (κ1) is 17.0. The summed E-state index contributed by atoms with van der Waals surface area (Å²) in [4.78, 5) is 23.2. The van der Waals surface area contributed by atoms with Gasteiger partial charge in [-0.25, -0.2) is 14.8 Å².